The van der Waals surface area contributed by atoms with E-state index in [9.17, 15) is 18.8 Å². The van der Waals surface area contributed by atoms with Crippen molar-refractivity contribution >= 4 is 27.5 Å². The van der Waals surface area contributed by atoms with Crippen molar-refractivity contribution in [2.75, 3.05) is 20.3 Å². The summed E-state index contributed by atoms with van der Waals surface area (Å²) in [5, 5.41) is 4.36. The minimum Gasteiger partial charge on any atom is -0.385 e. The first kappa shape index (κ1) is 19.0. The van der Waals surface area contributed by atoms with Gasteiger partial charge in [-0.3, -0.25) is 14.2 Å². The zero-order valence-corrected chi connectivity index (χ0v) is 15.4. The van der Waals surface area contributed by atoms with Crippen LogP contribution in [0.5, 0.6) is 0 Å². The molecule has 142 valence electrons. The Morgan fingerprint density at radius 3 is 2.78 bits per heavy atom. The Bertz CT molecular complexity index is 1090. The fraction of sp³-hybridized carbons (Fsp3) is 0.278. The van der Waals surface area contributed by atoms with Crippen molar-refractivity contribution in [3.63, 3.8) is 0 Å². The van der Waals surface area contributed by atoms with Gasteiger partial charge in [0.2, 0.25) is 5.91 Å². The van der Waals surface area contributed by atoms with E-state index in [0.29, 0.717) is 25.1 Å². The molecule has 0 fully saturated rings. The third-order valence-electron chi connectivity index (χ3n) is 4.00. The van der Waals surface area contributed by atoms with Gasteiger partial charge >= 0.3 is 5.69 Å². The van der Waals surface area contributed by atoms with Gasteiger partial charge in [-0.15, -0.1) is 11.3 Å². The summed E-state index contributed by atoms with van der Waals surface area (Å²) in [5.74, 6) is -1.07. The molecule has 3 aromatic rings. The third-order valence-corrected chi connectivity index (χ3v) is 4.89. The third kappa shape index (κ3) is 3.83. The molecule has 27 heavy (non-hydrogen) atoms. The lowest BCUT2D eigenvalue weighted by molar-refractivity contribution is -0.121. The summed E-state index contributed by atoms with van der Waals surface area (Å²) in [5.41, 5.74) is -1.15. The molecule has 0 unspecified atom stereocenters. The smallest absolute Gasteiger partial charge is 0.336 e. The Labute approximate surface area is 157 Å². The van der Waals surface area contributed by atoms with Gasteiger partial charge in [0.05, 0.1) is 11.2 Å². The molecular weight excluding hydrogens is 373 g/mol. The minimum atomic E-state index is -0.761. The predicted octanol–water partition coefficient (Wildman–Crippen LogP) is 1.51. The molecule has 0 radical (unpaired) electrons. The van der Waals surface area contributed by atoms with Gasteiger partial charge in [0, 0.05) is 20.3 Å². The number of benzene rings is 1. The Kier molecular flexibility index (Phi) is 5.82. The second-order valence-electron chi connectivity index (χ2n) is 5.79. The molecule has 0 saturated carbocycles. The molecule has 0 atom stereocenters. The molecule has 7 nitrogen and oxygen atoms in total. The predicted molar refractivity (Wildman–Crippen MR) is 101 cm³/mol. The van der Waals surface area contributed by atoms with Crippen LogP contribution in [0.4, 0.5) is 4.39 Å². The molecule has 0 spiro atoms. The number of thiophene rings is 1. The number of hydrogen-bond acceptors (Lipinski definition) is 5. The molecule has 1 N–H and O–H groups in total. The van der Waals surface area contributed by atoms with Crippen LogP contribution in [0.1, 0.15) is 6.42 Å². The molecule has 0 aliphatic rings. The monoisotopic (exact) mass is 391 g/mol. The average molecular weight is 391 g/mol. The number of rotatable bonds is 7. The van der Waals surface area contributed by atoms with Gasteiger partial charge < -0.3 is 10.1 Å². The van der Waals surface area contributed by atoms with Crippen molar-refractivity contribution < 1.29 is 13.9 Å². The second-order valence-corrected chi connectivity index (χ2v) is 6.71. The number of methoxy groups -OCH3 is 1. The fourth-order valence-corrected chi connectivity index (χ4v) is 3.55. The van der Waals surface area contributed by atoms with Crippen LogP contribution in [-0.4, -0.2) is 35.3 Å². The quantitative estimate of drug-likeness (QED) is 0.619. The van der Waals surface area contributed by atoms with Crippen molar-refractivity contribution in [2.45, 2.75) is 13.0 Å². The second kappa shape index (κ2) is 8.28. The Morgan fingerprint density at radius 2 is 2.04 bits per heavy atom. The summed E-state index contributed by atoms with van der Waals surface area (Å²) in [6.45, 7) is 0.641. The van der Waals surface area contributed by atoms with E-state index in [1.54, 1.807) is 18.6 Å². The molecular formula is C18H18FN3O4S. The van der Waals surface area contributed by atoms with Gasteiger partial charge in [-0.1, -0.05) is 12.1 Å². The van der Waals surface area contributed by atoms with Gasteiger partial charge in [0.25, 0.3) is 5.56 Å². The SMILES string of the molecule is COCCCNC(=O)Cn1c(=O)n(-c2ccccc2F)c(=O)c2sccc21. The van der Waals surface area contributed by atoms with Crippen LogP contribution in [0.15, 0.2) is 45.3 Å². The molecule has 0 saturated heterocycles. The lowest BCUT2D eigenvalue weighted by atomic mass is 10.3. The standard InChI is InChI=1S/C18H18FN3O4S/c1-26-9-4-8-20-15(23)11-21-14-7-10-27-16(14)17(24)22(18(21)25)13-6-3-2-5-12(13)19/h2-3,5-7,10H,4,8-9,11H2,1H3,(H,20,23). The number of nitrogens with zero attached hydrogens (tertiary/aromatic N) is 2. The Hall–Kier alpha value is -2.78. The van der Waals surface area contributed by atoms with Gasteiger partial charge in [-0.25, -0.2) is 13.8 Å². The van der Waals surface area contributed by atoms with Crippen molar-refractivity contribution in [3.8, 4) is 5.69 Å². The van der Waals surface area contributed by atoms with Gasteiger partial charge in [0.15, 0.2) is 0 Å². The molecule has 2 heterocycles. The number of ether oxygens (including phenoxy) is 1. The molecule has 0 bridgehead atoms. The van der Waals surface area contributed by atoms with Gasteiger partial charge in [-0.05, 0) is 30.0 Å². The number of nitrogens with one attached hydrogen (secondary N) is 1. The van der Waals surface area contributed by atoms with E-state index in [1.165, 1.54) is 28.8 Å². The summed E-state index contributed by atoms with van der Waals surface area (Å²) in [7, 11) is 1.57. The lowest BCUT2D eigenvalue weighted by Gasteiger charge is -2.13. The molecule has 3 rings (SSSR count). The normalized spacial score (nSPS) is 11.0. The number of hydrogen-bond donors (Lipinski definition) is 1. The van der Waals surface area contributed by atoms with Crippen molar-refractivity contribution in [3.05, 3.63) is 62.4 Å². The molecule has 2 aromatic heterocycles. The van der Waals surface area contributed by atoms with E-state index < -0.39 is 17.1 Å². The van der Waals surface area contributed by atoms with Crippen LogP contribution in [0.2, 0.25) is 0 Å². The highest BCUT2D eigenvalue weighted by molar-refractivity contribution is 7.17. The number of aromatic nitrogens is 2. The number of amides is 1. The van der Waals surface area contributed by atoms with Crippen LogP contribution in [0.25, 0.3) is 15.9 Å². The summed E-state index contributed by atoms with van der Waals surface area (Å²) in [6.07, 6.45) is 0.639. The fourth-order valence-electron chi connectivity index (χ4n) is 2.73. The maximum atomic E-state index is 14.2. The van der Waals surface area contributed by atoms with E-state index in [0.717, 1.165) is 15.9 Å². The largest absolute Gasteiger partial charge is 0.385 e. The number of carbonyl (C=O) groups excluding carboxylic acids is 1. The molecule has 1 aromatic carbocycles. The highest BCUT2D eigenvalue weighted by Crippen LogP contribution is 2.17. The molecule has 9 heteroatoms. The highest BCUT2D eigenvalue weighted by atomic mass is 32.1. The Balaban J connectivity index is 2.05. The summed E-state index contributed by atoms with van der Waals surface area (Å²) < 4.78 is 21.4. The van der Waals surface area contributed by atoms with Crippen LogP contribution in [0, 0.1) is 5.82 Å². The minimum absolute atomic E-state index is 0.142. The van der Waals surface area contributed by atoms with E-state index in [-0.39, 0.29) is 22.8 Å². The Morgan fingerprint density at radius 1 is 1.26 bits per heavy atom. The summed E-state index contributed by atoms with van der Waals surface area (Å²) >= 11 is 1.14. The van der Waals surface area contributed by atoms with E-state index in [4.69, 9.17) is 4.74 Å². The zero-order chi connectivity index (χ0) is 19.4. The number of fused-ring (bicyclic) bond motifs is 1. The first-order valence-electron chi connectivity index (χ1n) is 8.28. The number of carbonyl (C=O) groups is 1. The number of halogens is 1. The molecule has 0 aliphatic carbocycles. The van der Waals surface area contributed by atoms with Crippen LogP contribution < -0.4 is 16.6 Å². The number of para-hydroxylation sites is 1. The van der Waals surface area contributed by atoms with Crippen LogP contribution >= 0.6 is 11.3 Å². The molecule has 1 amide bonds. The van der Waals surface area contributed by atoms with Crippen LogP contribution in [0.3, 0.4) is 0 Å². The summed E-state index contributed by atoms with van der Waals surface area (Å²) in [4.78, 5) is 37.9. The van der Waals surface area contributed by atoms with Crippen molar-refractivity contribution in [1.82, 2.24) is 14.5 Å². The summed E-state index contributed by atoms with van der Waals surface area (Å²) in [6, 6.07) is 7.14. The molecule has 0 aliphatic heterocycles. The average Bonchev–Trinajstić information content (AvgIpc) is 3.14. The van der Waals surface area contributed by atoms with E-state index >= 15 is 0 Å². The van der Waals surface area contributed by atoms with Gasteiger partial charge in [-0.2, -0.15) is 0 Å². The first-order valence-corrected chi connectivity index (χ1v) is 9.16. The lowest BCUT2D eigenvalue weighted by Crippen LogP contribution is -2.41. The highest BCUT2D eigenvalue weighted by Gasteiger charge is 2.19. The maximum Gasteiger partial charge on any atom is 0.336 e. The zero-order valence-electron chi connectivity index (χ0n) is 14.6. The van der Waals surface area contributed by atoms with E-state index in [1.807, 2.05) is 0 Å². The first-order chi connectivity index (χ1) is 13.0. The van der Waals surface area contributed by atoms with Gasteiger partial charge in [0.1, 0.15) is 17.1 Å². The van der Waals surface area contributed by atoms with Crippen molar-refractivity contribution in [2.24, 2.45) is 0 Å². The van der Waals surface area contributed by atoms with E-state index in [2.05, 4.69) is 5.32 Å². The topological polar surface area (TPSA) is 82.3 Å². The van der Waals surface area contributed by atoms with Crippen LogP contribution in [-0.2, 0) is 16.1 Å². The van der Waals surface area contributed by atoms with Crippen molar-refractivity contribution in [1.29, 1.82) is 0 Å². The maximum absolute atomic E-state index is 14.2.